The summed E-state index contributed by atoms with van der Waals surface area (Å²) in [4.78, 5) is 6.17. The molecule has 0 spiro atoms. The van der Waals surface area contributed by atoms with Gasteiger partial charge in [-0.05, 0) is 26.0 Å². The van der Waals surface area contributed by atoms with Gasteiger partial charge in [-0.25, -0.2) is 4.98 Å². The van der Waals surface area contributed by atoms with Gasteiger partial charge in [0.2, 0.25) is 0 Å². The molecule has 0 aromatic carbocycles. The van der Waals surface area contributed by atoms with Gasteiger partial charge in [-0.2, -0.15) is 5.26 Å². The summed E-state index contributed by atoms with van der Waals surface area (Å²) >= 11 is 0. The molecule has 0 fully saturated rings. The lowest BCUT2D eigenvalue weighted by molar-refractivity contribution is 0.0845. The predicted molar refractivity (Wildman–Crippen MR) is 63.3 cm³/mol. The quantitative estimate of drug-likeness (QED) is 0.758. The number of hydrogen-bond acceptors (Lipinski definition) is 4. The minimum Gasteiger partial charge on any atom is -0.377 e. The SMILES string of the molecule is CC(C)OCCN(C)c1cccc(C#N)n1. The first-order valence-electron chi connectivity index (χ1n) is 5.33. The molecule has 1 rings (SSSR count). The number of aromatic nitrogens is 1. The molecule has 1 aromatic heterocycles. The van der Waals surface area contributed by atoms with Crippen molar-refractivity contribution < 1.29 is 4.74 Å². The Balaban J connectivity index is 2.52. The molecule has 86 valence electrons. The topological polar surface area (TPSA) is 49.1 Å². The van der Waals surface area contributed by atoms with Gasteiger partial charge in [0.25, 0.3) is 0 Å². The fourth-order valence-electron chi connectivity index (χ4n) is 1.24. The van der Waals surface area contributed by atoms with Crippen LogP contribution in [0.1, 0.15) is 19.5 Å². The number of nitrogens with zero attached hydrogens (tertiary/aromatic N) is 3. The maximum absolute atomic E-state index is 8.74. The van der Waals surface area contributed by atoms with E-state index in [1.54, 1.807) is 6.07 Å². The molecule has 0 bridgehead atoms. The Morgan fingerprint density at radius 1 is 1.50 bits per heavy atom. The van der Waals surface area contributed by atoms with Crippen LogP contribution in [-0.2, 0) is 4.74 Å². The van der Waals surface area contributed by atoms with E-state index < -0.39 is 0 Å². The third-order valence-corrected chi connectivity index (χ3v) is 2.12. The van der Waals surface area contributed by atoms with E-state index in [0.29, 0.717) is 12.3 Å². The Morgan fingerprint density at radius 3 is 2.88 bits per heavy atom. The second-order valence-electron chi connectivity index (χ2n) is 3.83. The van der Waals surface area contributed by atoms with Crippen LogP contribution in [0.3, 0.4) is 0 Å². The molecule has 0 aliphatic rings. The molecule has 0 radical (unpaired) electrons. The number of likely N-dealkylation sites (N-methyl/N-ethyl adjacent to an activating group) is 1. The Labute approximate surface area is 96.5 Å². The van der Waals surface area contributed by atoms with Gasteiger partial charge in [0.1, 0.15) is 17.6 Å². The van der Waals surface area contributed by atoms with Gasteiger partial charge in [-0.1, -0.05) is 6.07 Å². The van der Waals surface area contributed by atoms with Gasteiger partial charge in [-0.15, -0.1) is 0 Å². The summed E-state index contributed by atoms with van der Waals surface area (Å²) in [6.45, 7) is 5.44. The molecular formula is C12H17N3O. The standard InChI is InChI=1S/C12H17N3O/c1-10(2)16-8-7-15(3)12-6-4-5-11(9-13)14-12/h4-6,10H,7-8H2,1-3H3. The summed E-state index contributed by atoms with van der Waals surface area (Å²) in [5.41, 5.74) is 0.439. The molecule has 1 aromatic rings. The molecule has 0 N–H and O–H groups in total. The number of rotatable bonds is 5. The van der Waals surface area contributed by atoms with Crippen LogP contribution in [0.2, 0.25) is 0 Å². The highest BCUT2D eigenvalue weighted by atomic mass is 16.5. The van der Waals surface area contributed by atoms with E-state index in [4.69, 9.17) is 10.00 Å². The van der Waals surface area contributed by atoms with E-state index in [1.807, 2.05) is 44.0 Å². The molecule has 0 saturated carbocycles. The lowest BCUT2D eigenvalue weighted by Gasteiger charge is -2.18. The van der Waals surface area contributed by atoms with Crippen molar-refractivity contribution in [3.05, 3.63) is 23.9 Å². The third-order valence-electron chi connectivity index (χ3n) is 2.12. The van der Waals surface area contributed by atoms with Gasteiger partial charge in [0.15, 0.2) is 0 Å². The van der Waals surface area contributed by atoms with Crippen molar-refractivity contribution in [2.45, 2.75) is 20.0 Å². The zero-order chi connectivity index (χ0) is 12.0. The molecule has 4 heteroatoms. The molecule has 4 nitrogen and oxygen atoms in total. The van der Waals surface area contributed by atoms with Crippen molar-refractivity contribution in [2.75, 3.05) is 25.1 Å². The van der Waals surface area contributed by atoms with Crippen LogP contribution < -0.4 is 4.90 Å². The Bertz CT molecular complexity index is 371. The minimum absolute atomic E-state index is 0.242. The van der Waals surface area contributed by atoms with Gasteiger partial charge in [0.05, 0.1) is 12.7 Å². The third kappa shape index (κ3) is 3.87. The summed E-state index contributed by atoms with van der Waals surface area (Å²) in [6, 6.07) is 7.44. The van der Waals surface area contributed by atoms with Gasteiger partial charge in [0, 0.05) is 13.6 Å². The highest BCUT2D eigenvalue weighted by Crippen LogP contribution is 2.08. The first-order chi connectivity index (χ1) is 7.63. The number of anilines is 1. The first kappa shape index (κ1) is 12.5. The molecule has 0 unspecified atom stereocenters. The molecule has 16 heavy (non-hydrogen) atoms. The Hall–Kier alpha value is -1.60. The van der Waals surface area contributed by atoms with Crippen LogP contribution >= 0.6 is 0 Å². The number of nitriles is 1. The molecule has 1 heterocycles. The van der Waals surface area contributed by atoms with E-state index in [2.05, 4.69) is 4.98 Å². The average Bonchev–Trinajstić information content (AvgIpc) is 2.28. The summed E-state index contributed by atoms with van der Waals surface area (Å²) in [5.74, 6) is 0.798. The second kappa shape index (κ2) is 6.09. The van der Waals surface area contributed by atoms with Crippen LogP contribution in [0.15, 0.2) is 18.2 Å². The number of ether oxygens (including phenoxy) is 1. The van der Waals surface area contributed by atoms with Crippen molar-refractivity contribution in [3.8, 4) is 6.07 Å². The lowest BCUT2D eigenvalue weighted by atomic mass is 10.3. The fraction of sp³-hybridized carbons (Fsp3) is 0.500. The van der Waals surface area contributed by atoms with E-state index in [0.717, 1.165) is 12.4 Å². The minimum atomic E-state index is 0.242. The summed E-state index contributed by atoms with van der Waals surface area (Å²) in [6.07, 6.45) is 0.242. The first-order valence-corrected chi connectivity index (χ1v) is 5.33. The highest BCUT2D eigenvalue weighted by molar-refractivity contribution is 5.40. The maximum Gasteiger partial charge on any atom is 0.142 e. The monoisotopic (exact) mass is 219 g/mol. The smallest absolute Gasteiger partial charge is 0.142 e. The van der Waals surface area contributed by atoms with Crippen LogP contribution in [0.5, 0.6) is 0 Å². The average molecular weight is 219 g/mol. The van der Waals surface area contributed by atoms with Gasteiger partial charge in [-0.3, -0.25) is 0 Å². The zero-order valence-corrected chi connectivity index (χ0v) is 9.97. The largest absolute Gasteiger partial charge is 0.377 e. The van der Waals surface area contributed by atoms with E-state index in [-0.39, 0.29) is 6.10 Å². The fourth-order valence-corrected chi connectivity index (χ4v) is 1.24. The van der Waals surface area contributed by atoms with Gasteiger partial charge >= 0.3 is 0 Å². The van der Waals surface area contributed by atoms with E-state index in [1.165, 1.54) is 0 Å². The normalized spacial score (nSPS) is 10.2. The van der Waals surface area contributed by atoms with Gasteiger partial charge < -0.3 is 9.64 Å². The lowest BCUT2D eigenvalue weighted by Crippen LogP contribution is -2.24. The second-order valence-corrected chi connectivity index (χ2v) is 3.83. The van der Waals surface area contributed by atoms with Crippen LogP contribution in [0, 0.1) is 11.3 Å². The summed E-state index contributed by atoms with van der Waals surface area (Å²) < 4.78 is 5.46. The van der Waals surface area contributed by atoms with Crippen molar-refractivity contribution >= 4 is 5.82 Å². The summed E-state index contributed by atoms with van der Waals surface area (Å²) in [5, 5.41) is 8.74. The Morgan fingerprint density at radius 2 is 2.25 bits per heavy atom. The summed E-state index contributed by atoms with van der Waals surface area (Å²) in [7, 11) is 1.94. The van der Waals surface area contributed by atoms with Crippen LogP contribution in [0.4, 0.5) is 5.82 Å². The van der Waals surface area contributed by atoms with Crippen molar-refractivity contribution in [1.82, 2.24) is 4.98 Å². The van der Waals surface area contributed by atoms with Crippen molar-refractivity contribution in [2.24, 2.45) is 0 Å². The van der Waals surface area contributed by atoms with Crippen LogP contribution in [0.25, 0.3) is 0 Å². The molecule has 0 aliphatic carbocycles. The number of pyridine rings is 1. The van der Waals surface area contributed by atoms with Crippen molar-refractivity contribution in [3.63, 3.8) is 0 Å². The molecule has 0 atom stereocenters. The molecular weight excluding hydrogens is 202 g/mol. The Kier molecular flexibility index (Phi) is 4.74. The number of hydrogen-bond donors (Lipinski definition) is 0. The maximum atomic E-state index is 8.74. The van der Waals surface area contributed by atoms with E-state index >= 15 is 0 Å². The van der Waals surface area contributed by atoms with Crippen LogP contribution in [-0.4, -0.2) is 31.3 Å². The molecule has 0 saturated heterocycles. The zero-order valence-electron chi connectivity index (χ0n) is 9.97. The highest BCUT2D eigenvalue weighted by Gasteiger charge is 2.03. The molecule has 0 amide bonds. The molecule has 0 aliphatic heterocycles. The predicted octanol–water partition coefficient (Wildman–Crippen LogP) is 1.81. The van der Waals surface area contributed by atoms with E-state index in [9.17, 15) is 0 Å². The van der Waals surface area contributed by atoms with Crippen molar-refractivity contribution in [1.29, 1.82) is 5.26 Å².